The molecule has 28 heavy (non-hydrogen) atoms. The van der Waals surface area contributed by atoms with Crippen LogP contribution in [0.5, 0.6) is 0 Å². The van der Waals surface area contributed by atoms with Crippen molar-refractivity contribution in [1.29, 1.82) is 0 Å². The van der Waals surface area contributed by atoms with Crippen LogP contribution in [0.15, 0.2) is 36.4 Å². The first-order chi connectivity index (χ1) is 13.7. The zero-order valence-electron chi connectivity index (χ0n) is 17.2. The number of amides is 1. The van der Waals surface area contributed by atoms with Crippen LogP contribution in [0.3, 0.4) is 0 Å². The van der Waals surface area contributed by atoms with Gasteiger partial charge in [0.25, 0.3) is 0 Å². The number of hydrogen-bond donors (Lipinski definition) is 1. The number of unbranched alkanes of at least 4 members (excludes halogenated alkanes) is 3. The molecule has 0 saturated carbocycles. The number of hydrogen-bond acceptors (Lipinski definition) is 4. The summed E-state index contributed by atoms with van der Waals surface area (Å²) in [6.45, 7) is 6.72. The molecule has 0 aliphatic carbocycles. The maximum absolute atomic E-state index is 12.5. The molecule has 2 heterocycles. The Labute approximate surface area is 168 Å². The second-order valence-electron chi connectivity index (χ2n) is 7.78. The van der Waals surface area contributed by atoms with E-state index in [2.05, 4.69) is 58.5 Å². The lowest BCUT2D eigenvalue weighted by atomic mass is 9.97. The minimum Gasteiger partial charge on any atom is -0.356 e. The molecule has 5 heteroatoms. The normalized spacial score (nSPS) is 16.8. The van der Waals surface area contributed by atoms with E-state index < -0.39 is 0 Å². The van der Waals surface area contributed by atoms with Gasteiger partial charge in [0.1, 0.15) is 0 Å². The molecule has 5 nitrogen and oxygen atoms in total. The van der Waals surface area contributed by atoms with E-state index in [0.29, 0.717) is 0 Å². The Bertz CT molecular complexity index is 742. The molecule has 1 amide bonds. The van der Waals surface area contributed by atoms with E-state index in [1.54, 1.807) is 0 Å². The first-order valence-electron chi connectivity index (χ1n) is 10.6. The van der Waals surface area contributed by atoms with E-state index in [4.69, 9.17) is 0 Å². The molecule has 1 aliphatic rings. The first-order valence-corrected chi connectivity index (χ1v) is 10.6. The molecule has 3 rings (SSSR count). The number of aromatic nitrogens is 2. The summed E-state index contributed by atoms with van der Waals surface area (Å²) in [5, 5.41) is 12.0. The van der Waals surface area contributed by atoms with Gasteiger partial charge >= 0.3 is 0 Å². The fourth-order valence-corrected chi connectivity index (χ4v) is 3.68. The van der Waals surface area contributed by atoms with Crippen LogP contribution >= 0.6 is 0 Å². The average molecular weight is 381 g/mol. The van der Waals surface area contributed by atoms with Gasteiger partial charge in [-0.2, -0.15) is 0 Å². The Hall–Kier alpha value is -2.43. The van der Waals surface area contributed by atoms with Crippen LogP contribution in [-0.2, 0) is 4.79 Å². The molecule has 1 aromatic carbocycles. The summed E-state index contributed by atoms with van der Waals surface area (Å²) in [6.07, 6.45) is 6.68. The summed E-state index contributed by atoms with van der Waals surface area (Å²) in [7, 11) is 0. The molecule has 1 N–H and O–H groups in total. The van der Waals surface area contributed by atoms with Crippen molar-refractivity contribution in [2.24, 2.45) is 5.92 Å². The standard InChI is InChI=1S/C23H32N4O/c1-3-4-5-6-15-24-23(28)20-8-7-16-27(17-20)22-14-13-21(25-26-22)19-11-9-18(2)10-12-19/h9-14,20H,3-8,15-17H2,1-2H3,(H,24,28). The summed E-state index contributed by atoms with van der Waals surface area (Å²) in [6, 6.07) is 12.3. The van der Waals surface area contributed by atoms with E-state index in [1.807, 2.05) is 12.1 Å². The monoisotopic (exact) mass is 380 g/mol. The molecule has 150 valence electrons. The number of benzene rings is 1. The van der Waals surface area contributed by atoms with Crippen molar-refractivity contribution in [2.45, 2.75) is 52.4 Å². The Balaban J connectivity index is 1.55. The maximum atomic E-state index is 12.5. The van der Waals surface area contributed by atoms with Crippen molar-refractivity contribution in [1.82, 2.24) is 15.5 Å². The van der Waals surface area contributed by atoms with Crippen LogP contribution in [0.1, 0.15) is 51.0 Å². The van der Waals surface area contributed by atoms with Gasteiger partial charge in [-0.25, -0.2) is 0 Å². The third-order valence-corrected chi connectivity index (χ3v) is 5.44. The lowest BCUT2D eigenvalue weighted by Crippen LogP contribution is -2.43. The van der Waals surface area contributed by atoms with Crippen LogP contribution in [0.2, 0.25) is 0 Å². The SMILES string of the molecule is CCCCCCNC(=O)C1CCCN(c2ccc(-c3ccc(C)cc3)nn2)C1. The molecular weight excluding hydrogens is 348 g/mol. The summed E-state index contributed by atoms with van der Waals surface area (Å²) >= 11 is 0. The third-order valence-electron chi connectivity index (χ3n) is 5.44. The van der Waals surface area contributed by atoms with Crippen molar-refractivity contribution < 1.29 is 4.79 Å². The highest BCUT2D eigenvalue weighted by molar-refractivity contribution is 5.79. The van der Waals surface area contributed by atoms with Crippen LogP contribution < -0.4 is 10.2 Å². The number of piperidine rings is 1. The first kappa shape index (κ1) is 20.3. The van der Waals surface area contributed by atoms with Crippen molar-refractivity contribution in [3.63, 3.8) is 0 Å². The highest BCUT2D eigenvalue weighted by Crippen LogP contribution is 2.23. The van der Waals surface area contributed by atoms with Gasteiger partial charge in [-0.15, -0.1) is 10.2 Å². The van der Waals surface area contributed by atoms with Gasteiger partial charge in [-0.05, 0) is 38.3 Å². The predicted octanol–water partition coefficient (Wildman–Crippen LogP) is 4.36. The zero-order chi connectivity index (χ0) is 19.8. The van der Waals surface area contributed by atoms with E-state index in [1.165, 1.54) is 24.8 Å². The third kappa shape index (κ3) is 5.54. The maximum Gasteiger partial charge on any atom is 0.224 e. The lowest BCUT2D eigenvalue weighted by Gasteiger charge is -2.32. The van der Waals surface area contributed by atoms with Gasteiger partial charge in [-0.1, -0.05) is 56.0 Å². The fourth-order valence-electron chi connectivity index (χ4n) is 3.68. The molecule has 0 bridgehead atoms. The van der Waals surface area contributed by atoms with Crippen molar-refractivity contribution in [2.75, 3.05) is 24.5 Å². The number of anilines is 1. The van der Waals surface area contributed by atoms with Crippen LogP contribution in [0.25, 0.3) is 11.3 Å². The molecule has 0 radical (unpaired) electrons. The summed E-state index contributed by atoms with van der Waals surface area (Å²) < 4.78 is 0. The Morgan fingerprint density at radius 3 is 2.64 bits per heavy atom. The minimum atomic E-state index is 0.0403. The summed E-state index contributed by atoms with van der Waals surface area (Å²) in [4.78, 5) is 14.7. The molecule has 1 aromatic heterocycles. The second kappa shape index (κ2) is 10.2. The Morgan fingerprint density at radius 1 is 1.11 bits per heavy atom. The number of nitrogens with one attached hydrogen (secondary N) is 1. The fraction of sp³-hybridized carbons (Fsp3) is 0.522. The lowest BCUT2D eigenvalue weighted by molar-refractivity contribution is -0.125. The van der Waals surface area contributed by atoms with Gasteiger partial charge in [0.05, 0.1) is 11.6 Å². The van der Waals surface area contributed by atoms with Crippen molar-refractivity contribution >= 4 is 11.7 Å². The smallest absolute Gasteiger partial charge is 0.224 e. The van der Waals surface area contributed by atoms with Gasteiger partial charge < -0.3 is 10.2 Å². The molecule has 1 aliphatic heterocycles. The highest BCUT2D eigenvalue weighted by atomic mass is 16.1. The number of rotatable bonds is 8. The van der Waals surface area contributed by atoms with Gasteiger partial charge in [-0.3, -0.25) is 4.79 Å². The average Bonchev–Trinajstić information content (AvgIpc) is 2.74. The molecule has 1 saturated heterocycles. The van der Waals surface area contributed by atoms with Crippen LogP contribution in [0, 0.1) is 12.8 Å². The van der Waals surface area contributed by atoms with Crippen LogP contribution in [0.4, 0.5) is 5.82 Å². The molecule has 1 fully saturated rings. The summed E-state index contributed by atoms with van der Waals surface area (Å²) in [5.41, 5.74) is 3.18. The Morgan fingerprint density at radius 2 is 1.93 bits per heavy atom. The number of aryl methyl sites for hydroxylation is 1. The van der Waals surface area contributed by atoms with E-state index in [9.17, 15) is 4.79 Å². The molecule has 1 unspecified atom stereocenters. The van der Waals surface area contributed by atoms with Crippen LogP contribution in [-0.4, -0.2) is 35.7 Å². The summed E-state index contributed by atoms with van der Waals surface area (Å²) in [5.74, 6) is 1.08. The largest absolute Gasteiger partial charge is 0.356 e. The quantitative estimate of drug-likeness (QED) is 0.691. The molecule has 2 aromatic rings. The van der Waals surface area contributed by atoms with Crippen molar-refractivity contribution in [3.05, 3.63) is 42.0 Å². The number of carbonyl (C=O) groups excluding carboxylic acids is 1. The van der Waals surface area contributed by atoms with E-state index in [-0.39, 0.29) is 11.8 Å². The van der Waals surface area contributed by atoms with Gasteiger partial charge in [0, 0.05) is 25.2 Å². The van der Waals surface area contributed by atoms with E-state index in [0.717, 1.165) is 56.0 Å². The van der Waals surface area contributed by atoms with Crippen molar-refractivity contribution in [3.8, 4) is 11.3 Å². The number of carbonyl (C=O) groups is 1. The Kier molecular flexibility index (Phi) is 7.40. The van der Waals surface area contributed by atoms with E-state index >= 15 is 0 Å². The number of nitrogens with zero attached hydrogens (tertiary/aromatic N) is 3. The van der Waals surface area contributed by atoms with Gasteiger partial charge in [0.2, 0.25) is 5.91 Å². The van der Waals surface area contributed by atoms with Gasteiger partial charge in [0.15, 0.2) is 5.82 Å². The predicted molar refractivity (Wildman–Crippen MR) is 114 cm³/mol. The minimum absolute atomic E-state index is 0.0403. The molecule has 0 spiro atoms. The molecule has 1 atom stereocenters. The topological polar surface area (TPSA) is 58.1 Å². The zero-order valence-corrected chi connectivity index (χ0v) is 17.2. The molecular formula is C23H32N4O. The highest BCUT2D eigenvalue weighted by Gasteiger charge is 2.26. The second-order valence-corrected chi connectivity index (χ2v) is 7.78.